The molecule has 0 fully saturated rings. The molecule has 0 aliphatic heterocycles. The second kappa shape index (κ2) is 19.3. The highest BCUT2D eigenvalue weighted by atomic mass is 32.2. The number of ether oxygens (including phenoxy) is 2. The quantitative estimate of drug-likeness (QED) is 0.0568. The van der Waals surface area contributed by atoms with Gasteiger partial charge in [0.2, 0.25) is 5.91 Å². The largest absolute Gasteiger partial charge is 0.497 e. The minimum Gasteiger partial charge on any atom is -0.497 e. The van der Waals surface area contributed by atoms with Crippen molar-refractivity contribution in [3.8, 4) is 5.75 Å². The van der Waals surface area contributed by atoms with Gasteiger partial charge in [0.15, 0.2) is 0 Å². The summed E-state index contributed by atoms with van der Waals surface area (Å²) in [5.41, 5.74) is 4.94. The average Bonchev–Trinajstić information content (AvgIpc) is 3.63. The van der Waals surface area contributed by atoms with Crippen LogP contribution in [0.3, 0.4) is 0 Å². The van der Waals surface area contributed by atoms with Gasteiger partial charge in [-0.25, -0.2) is 4.79 Å². The number of hydrogen-bond donors (Lipinski definition) is 3. The molecule has 2 atom stereocenters. The topological polar surface area (TPSA) is 123 Å². The van der Waals surface area contributed by atoms with E-state index in [9.17, 15) is 19.2 Å². The molecule has 11 heteroatoms. The van der Waals surface area contributed by atoms with Crippen molar-refractivity contribution in [3.05, 3.63) is 183 Å². The first-order valence-corrected chi connectivity index (χ1v) is 21.0. The fourth-order valence-electron chi connectivity index (χ4n) is 7.00. The molecular weight excluding hydrogens is 779 g/mol. The van der Waals surface area contributed by atoms with E-state index < -0.39 is 23.0 Å². The molecule has 298 valence electrons. The van der Waals surface area contributed by atoms with Crippen LogP contribution in [0.2, 0.25) is 0 Å². The van der Waals surface area contributed by atoms with Crippen LogP contribution in [0.15, 0.2) is 150 Å². The molecule has 1 aliphatic rings. The molecule has 7 rings (SSSR count). The SMILES string of the molecule is CCOC(=O)c1c(NC(=O)C(Sc2cccc(NC(=O)/C(=C/c3cccc(OC)c3)NC(=O)c3ccccc3)c2)c2ccccc2)sc2c1CCC(c1ccccc1)C2. The number of carbonyl (C=O) groups excluding carboxylic acids is 4. The average molecular weight is 822 g/mol. The van der Waals surface area contributed by atoms with Gasteiger partial charge in [-0.1, -0.05) is 97.1 Å². The number of amides is 3. The van der Waals surface area contributed by atoms with Gasteiger partial charge in [0, 0.05) is 21.0 Å². The Kier molecular flexibility index (Phi) is 13.4. The van der Waals surface area contributed by atoms with Gasteiger partial charge in [-0.05, 0) is 103 Å². The number of esters is 1. The molecule has 1 aliphatic carbocycles. The second-order valence-electron chi connectivity index (χ2n) is 13.8. The lowest BCUT2D eigenvalue weighted by molar-refractivity contribution is -0.116. The summed E-state index contributed by atoms with van der Waals surface area (Å²) in [6.07, 6.45) is 3.95. The maximum absolute atomic E-state index is 14.4. The van der Waals surface area contributed by atoms with Crippen LogP contribution < -0.4 is 20.7 Å². The predicted molar refractivity (Wildman–Crippen MR) is 235 cm³/mol. The van der Waals surface area contributed by atoms with E-state index in [-0.39, 0.29) is 18.2 Å². The Hall–Kier alpha value is -6.43. The van der Waals surface area contributed by atoms with Crippen molar-refractivity contribution in [3.63, 3.8) is 0 Å². The summed E-state index contributed by atoms with van der Waals surface area (Å²) < 4.78 is 10.9. The Balaban J connectivity index is 1.14. The third kappa shape index (κ3) is 10.2. The number of thioether (sulfide) groups is 1. The molecule has 2 unspecified atom stereocenters. The molecular formula is C48H43N3O6S2. The highest BCUT2D eigenvalue weighted by Gasteiger charge is 2.32. The zero-order valence-corrected chi connectivity index (χ0v) is 34.2. The number of hydrogen-bond acceptors (Lipinski definition) is 8. The summed E-state index contributed by atoms with van der Waals surface area (Å²) in [5, 5.41) is 8.61. The van der Waals surface area contributed by atoms with E-state index in [1.54, 1.807) is 86.8 Å². The third-order valence-electron chi connectivity index (χ3n) is 9.87. The molecule has 1 heterocycles. The number of carbonyl (C=O) groups is 4. The molecule has 0 bridgehead atoms. The van der Waals surface area contributed by atoms with Gasteiger partial charge >= 0.3 is 5.97 Å². The van der Waals surface area contributed by atoms with Crippen LogP contribution in [-0.4, -0.2) is 37.4 Å². The van der Waals surface area contributed by atoms with Crippen molar-refractivity contribution in [1.82, 2.24) is 5.32 Å². The summed E-state index contributed by atoms with van der Waals surface area (Å²) in [6, 6.07) is 42.8. The first-order valence-electron chi connectivity index (χ1n) is 19.3. The van der Waals surface area contributed by atoms with E-state index >= 15 is 0 Å². The fourth-order valence-corrected chi connectivity index (χ4v) is 9.41. The van der Waals surface area contributed by atoms with Crippen molar-refractivity contribution in [2.24, 2.45) is 0 Å². The monoisotopic (exact) mass is 821 g/mol. The van der Waals surface area contributed by atoms with Gasteiger partial charge in [0.05, 0.1) is 19.3 Å². The van der Waals surface area contributed by atoms with Crippen LogP contribution in [-0.2, 0) is 27.2 Å². The maximum atomic E-state index is 14.4. The number of anilines is 2. The predicted octanol–water partition coefficient (Wildman–Crippen LogP) is 10.1. The highest BCUT2D eigenvalue weighted by molar-refractivity contribution is 8.00. The van der Waals surface area contributed by atoms with Gasteiger partial charge in [-0.3, -0.25) is 14.4 Å². The van der Waals surface area contributed by atoms with Crippen molar-refractivity contribution in [1.29, 1.82) is 0 Å². The maximum Gasteiger partial charge on any atom is 0.341 e. The van der Waals surface area contributed by atoms with E-state index in [1.165, 1.54) is 28.7 Å². The number of methoxy groups -OCH3 is 1. The van der Waals surface area contributed by atoms with Gasteiger partial charge in [0.25, 0.3) is 11.8 Å². The lowest BCUT2D eigenvalue weighted by Crippen LogP contribution is -2.30. The molecule has 1 aromatic heterocycles. The molecule has 0 radical (unpaired) electrons. The summed E-state index contributed by atoms with van der Waals surface area (Å²) in [6.45, 7) is 1.99. The van der Waals surface area contributed by atoms with Crippen LogP contribution in [0, 0.1) is 0 Å². The molecule has 9 nitrogen and oxygen atoms in total. The third-order valence-corrected chi connectivity index (χ3v) is 12.3. The summed E-state index contributed by atoms with van der Waals surface area (Å²) in [5.74, 6) is -0.807. The first kappa shape index (κ1) is 40.8. The zero-order valence-electron chi connectivity index (χ0n) is 32.6. The Bertz CT molecular complexity index is 2470. The van der Waals surface area contributed by atoms with Gasteiger partial charge in [-0.2, -0.15) is 0 Å². The van der Waals surface area contributed by atoms with Crippen LogP contribution in [0.1, 0.15) is 72.4 Å². The van der Waals surface area contributed by atoms with E-state index in [0.29, 0.717) is 50.4 Å². The van der Waals surface area contributed by atoms with E-state index in [2.05, 4.69) is 28.1 Å². The second-order valence-corrected chi connectivity index (χ2v) is 16.1. The minimum atomic E-state index is -0.720. The smallest absolute Gasteiger partial charge is 0.341 e. The van der Waals surface area contributed by atoms with Crippen molar-refractivity contribution in [2.45, 2.75) is 42.2 Å². The number of nitrogens with one attached hydrogen (secondary N) is 3. The number of rotatable bonds is 14. The summed E-state index contributed by atoms with van der Waals surface area (Å²) >= 11 is 2.76. The van der Waals surface area contributed by atoms with E-state index in [0.717, 1.165) is 28.8 Å². The van der Waals surface area contributed by atoms with Crippen LogP contribution in [0.5, 0.6) is 5.75 Å². The number of fused-ring (bicyclic) bond motifs is 1. The zero-order chi connectivity index (χ0) is 41.1. The minimum absolute atomic E-state index is 0.0258. The Morgan fingerprint density at radius 1 is 0.831 bits per heavy atom. The molecule has 0 spiro atoms. The van der Waals surface area contributed by atoms with Gasteiger partial charge < -0.3 is 25.4 Å². The lowest BCUT2D eigenvalue weighted by atomic mass is 9.83. The van der Waals surface area contributed by atoms with Crippen LogP contribution >= 0.6 is 23.1 Å². The molecule has 3 N–H and O–H groups in total. The lowest BCUT2D eigenvalue weighted by Gasteiger charge is -2.23. The normalized spacial score (nSPS) is 14.0. The Morgan fingerprint density at radius 3 is 2.27 bits per heavy atom. The number of thiophene rings is 1. The molecule has 5 aromatic carbocycles. The number of benzene rings is 5. The summed E-state index contributed by atoms with van der Waals surface area (Å²) in [7, 11) is 1.56. The molecule has 59 heavy (non-hydrogen) atoms. The van der Waals surface area contributed by atoms with Crippen molar-refractivity contribution in [2.75, 3.05) is 24.4 Å². The Morgan fingerprint density at radius 2 is 1.54 bits per heavy atom. The van der Waals surface area contributed by atoms with Crippen molar-refractivity contribution >= 4 is 63.6 Å². The van der Waals surface area contributed by atoms with E-state index in [4.69, 9.17) is 9.47 Å². The van der Waals surface area contributed by atoms with Crippen molar-refractivity contribution < 1.29 is 28.7 Å². The highest BCUT2D eigenvalue weighted by Crippen LogP contribution is 2.44. The summed E-state index contributed by atoms with van der Waals surface area (Å²) in [4.78, 5) is 56.8. The van der Waals surface area contributed by atoms with Crippen LogP contribution in [0.4, 0.5) is 10.7 Å². The first-order chi connectivity index (χ1) is 28.8. The van der Waals surface area contributed by atoms with Gasteiger partial charge in [-0.15, -0.1) is 23.1 Å². The van der Waals surface area contributed by atoms with E-state index in [1.807, 2.05) is 60.7 Å². The Labute approximate surface area is 351 Å². The molecule has 0 saturated carbocycles. The fraction of sp³-hybridized carbons (Fsp3) is 0.167. The van der Waals surface area contributed by atoms with Gasteiger partial charge in [0.1, 0.15) is 21.7 Å². The molecule has 0 saturated heterocycles. The molecule has 6 aromatic rings. The van der Waals surface area contributed by atoms with Crippen LogP contribution in [0.25, 0.3) is 6.08 Å². The standard InChI is InChI=1S/C48H43N3O6S2/c1-3-57-48(55)42-39-26-25-35(32-16-7-4-8-17-32)29-41(39)59-47(42)51-46(54)43(33-18-9-5-10-19-33)58-38-24-14-22-36(30-38)49-45(53)40(28-31-15-13-23-37(27-31)56-2)50-44(52)34-20-11-6-12-21-34/h4-24,27-28,30,35,43H,3,25-26,29H2,1-2H3,(H,49,53)(H,50,52)(H,51,54)/b40-28-. The molecule has 3 amide bonds.